The number of benzene rings is 1. The molecule has 4 nitrogen and oxygen atoms in total. The van der Waals surface area contributed by atoms with Gasteiger partial charge in [-0.25, -0.2) is 0 Å². The van der Waals surface area contributed by atoms with E-state index < -0.39 is 0 Å². The van der Waals surface area contributed by atoms with E-state index in [9.17, 15) is 4.79 Å². The second-order valence-electron chi connectivity index (χ2n) is 5.02. The fourth-order valence-electron chi connectivity index (χ4n) is 1.94. The summed E-state index contributed by atoms with van der Waals surface area (Å²) in [7, 11) is 1.65. The van der Waals surface area contributed by atoms with Crippen molar-refractivity contribution in [3.8, 4) is 11.8 Å². The van der Waals surface area contributed by atoms with E-state index in [1.165, 1.54) is 0 Å². The van der Waals surface area contributed by atoms with Crippen LogP contribution in [-0.2, 0) is 4.74 Å². The largest absolute Gasteiger partial charge is 0.395 e. The molecule has 0 spiro atoms. The van der Waals surface area contributed by atoms with Crippen LogP contribution in [0.15, 0.2) is 18.2 Å². The van der Waals surface area contributed by atoms with E-state index in [-0.39, 0.29) is 18.4 Å². The molecule has 0 saturated heterocycles. The Morgan fingerprint density at radius 3 is 2.90 bits per heavy atom. The Morgan fingerprint density at radius 2 is 2.24 bits per heavy atom. The summed E-state index contributed by atoms with van der Waals surface area (Å²) >= 11 is 0. The van der Waals surface area contributed by atoms with Crippen molar-refractivity contribution in [3.05, 3.63) is 34.9 Å². The highest BCUT2D eigenvalue weighted by Gasteiger charge is 2.11. The molecule has 114 valence electrons. The van der Waals surface area contributed by atoms with E-state index in [2.05, 4.69) is 17.2 Å². The first-order chi connectivity index (χ1) is 10.1. The van der Waals surface area contributed by atoms with Crippen LogP contribution >= 0.6 is 0 Å². The first-order valence-electron chi connectivity index (χ1n) is 7.06. The molecule has 0 heterocycles. The van der Waals surface area contributed by atoms with Crippen LogP contribution in [0.2, 0.25) is 0 Å². The summed E-state index contributed by atoms with van der Waals surface area (Å²) in [6, 6.07) is 5.50. The lowest BCUT2D eigenvalue weighted by Crippen LogP contribution is -2.30. The van der Waals surface area contributed by atoms with Gasteiger partial charge in [-0.1, -0.05) is 24.8 Å². The molecule has 0 radical (unpaired) electrons. The van der Waals surface area contributed by atoms with Gasteiger partial charge in [0.1, 0.15) is 0 Å². The Morgan fingerprint density at radius 1 is 1.48 bits per heavy atom. The Labute approximate surface area is 126 Å². The molecule has 2 N–H and O–H groups in total. The van der Waals surface area contributed by atoms with Crippen LogP contribution < -0.4 is 5.32 Å². The zero-order valence-corrected chi connectivity index (χ0v) is 12.9. The third-order valence-corrected chi connectivity index (χ3v) is 3.10. The molecule has 1 aromatic rings. The van der Waals surface area contributed by atoms with Crippen LogP contribution in [0, 0.1) is 24.7 Å². The first kappa shape index (κ1) is 17.2. The van der Waals surface area contributed by atoms with Gasteiger partial charge in [0.15, 0.2) is 0 Å². The quantitative estimate of drug-likeness (QED) is 0.784. The number of nitrogens with one attached hydrogen (secondary N) is 1. The molecule has 0 aliphatic carbocycles. The molecular weight excluding hydrogens is 266 g/mol. The van der Waals surface area contributed by atoms with Gasteiger partial charge >= 0.3 is 0 Å². The minimum absolute atomic E-state index is 0.0453. The number of carbonyl (C=O) groups is 1. The highest BCUT2D eigenvalue weighted by molar-refractivity contribution is 5.96. The minimum atomic E-state index is -0.0961. The third kappa shape index (κ3) is 5.58. The molecule has 0 saturated carbocycles. The highest BCUT2D eigenvalue weighted by Crippen LogP contribution is 2.13. The number of hydrogen-bond acceptors (Lipinski definition) is 3. The van der Waals surface area contributed by atoms with Gasteiger partial charge in [0, 0.05) is 31.2 Å². The molecule has 1 rings (SSSR count). The van der Waals surface area contributed by atoms with Gasteiger partial charge in [-0.15, -0.1) is 0 Å². The predicted octanol–water partition coefficient (Wildman–Crippen LogP) is 1.74. The summed E-state index contributed by atoms with van der Waals surface area (Å²) in [4.78, 5) is 12.2. The lowest BCUT2D eigenvalue weighted by molar-refractivity contribution is 0.0933. The van der Waals surface area contributed by atoms with Gasteiger partial charge < -0.3 is 15.2 Å². The lowest BCUT2D eigenvalue weighted by atomic mass is 10.0. The van der Waals surface area contributed by atoms with Gasteiger partial charge in [0.25, 0.3) is 5.91 Å². The Balaban J connectivity index is 2.77. The van der Waals surface area contributed by atoms with Crippen LogP contribution in [0.5, 0.6) is 0 Å². The number of methoxy groups -OCH3 is 1. The van der Waals surface area contributed by atoms with Crippen molar-refractivity contribution >= 4 is 5.91 Å². The van der Waals surface area contributed by atoms with Crippen molar-refractivity contribution in [2.45, 2.75) is 20.3 Å². The molecule has 0 aromatic heterocycles. The average Bonchev–Trinajstić information content (AvgIpc) is 2.47. The molecule has 1 amide bonds. The Bertz CT molecular complexity index is 529. The fourth-order valence-corrected chi connectivity index (χ4v) is 1.94. The molecular formula is C17H23NO3. The standard InChI is InChI=1S/C17H23NO3/c1-13(12-21-3)11-18-17(20)16-9-6-8-15(14(16)2)7-4-5-10-19/h6,8-9,13,19H,5,10-12H2,1-3H3,(H,18,20). The monoisotopic (exact) mass is 289 g/mol. The van der Waals surface area contributed by atoms with Crippen molar-refractivity contribution in [1.82, 2.24) is 5.32 Å². The van der Waals surface area contributed by atoms with Gasteiger partial charge in [-0.05, 0) is 30.5 Å². The topological polar surface area (TPSA) is 58.6 Å². The summed E-state index contributed by atoms with van der Waals surface area (Å²) in [5, 5.41) is 11.7. The van der Waals surface area contributed by atoms with E-state index >= 15 is 0 Å². The van der Waals surface area contributed by atoms with Gasteiger partial charge in [-0.2, -0.15) is 0 Å². The lowest BCUT2D eigenvalue weighted by Gasteiger charge is -2.13. The van der Waals surface area contributed by atoms with Crippen LogP contribution in [0.25, 0.3) is 0 Å². The molecule has 0 bridgehead atoms. The molecule has 0 aliphatic rings. The predicted molar refractivity (Wildman–Crippen MR) is 83.1 cm³/mol. The van der Waals surface area contributed by atoms with Crippen LogP contribution in [-0.4, -0.2) is 37.9 Å². The Kier molecular flexibility index (Phi) is 7.52. The summed E-state index contributed by atoms with van der Waals surface area (Å²) in [6.45, 7) is 5.14. The number of aliphatic hydroxyl groups excluding tert-OH is 1. The highest BCUT2D eigenvalue weighted by atomic mass is 16.5. The second kappa shape index (κ2) is 9.17. The summed E-state index contributed by atoms with van der Waals surface area (Å²) in [5.41, 5.74) is 2.32. The van der Waals surface area contributed by atoms with Crippen molar-refractivity contribution in [2.24, 2.45) is 5.92 Å². The molecule has 4 heteroatoms. The van der Waals surface area contributed by atoms with E-state index in [1.807, 2.05) is 26.0 Å². The van der Waals surface area contributed by atoms with Gasteiger partial charge in [0.05, 0.1) is 13.2 Å². The molecule has 1 atom stereocenters. The van der Waals surface area contributed by atoms with Crippen molar-refractivity contribution in [1.29, 1.82) is 0 Å². The summed E-state index contributed by atoms with van der Waals surface area (Å²) in [5.74, 6) is 6.04. The zero-order chi connectivity index (χ0) is 15.7. The molecule has 21 heavy (non-hydrogen) atoms. The summed E-state index contributed by atoms with van der Waals surface area (Å²) < 4.78 is 5.05. The molecule has 1 unspecified atom stereocenters. The average molecular weight is 289 g/mol. The van der Waals surface area contributed by atoms with E-state index in [0.29, 0.717) is 25.1 Å². The zero-order valence-electron chi connectivity index (χ0n) is 12.9. The van der Waals surface area contributed by atoms with Gasteiger partial charge in [-0.3, -0.25) is 4.79 Å². The number of carbonyl (C=O) groups excluding carboxylic acids is 1. The number of rotatable bonds is 6. The van der Waals surface area contributed by atoms with Crippen LogP contribution in [0.1, 0.15) is 34.8 Å². The number of hydrogen-bond donors (Lipinski definition) is 2. The smallest absolute Gasteiger partial charge is 0.251 e. The molecule has 0 aliphatic heterocycles. The maximum Gasteiger partial charge on any atom is 0.251 e. The normalized spacial score (nSPS) is 11.4. The van der Waals surface area contributed by atoms with Crippen molar-refractivity contribution in [3.63, 3.8) is 0 Å². The molecule has 0 fully saturated rings. The van der Waals surface area contributed by atoms with Crippen LogP contribution in [0.4, 0.5) is 0 Å². The second-order valence-corrected chi connectivity index (χ2v) is 5.02. The van der Waals surface area contributed by atoms with E-state index in [4.69, 9.17) is 9.84 Å². The van der Waals surface area contributed by atoms with Crippen LogP contribution in [0.3, 0.4) is 0 Å². The maximum absolute atomic E-state index is 12.2. The SMILES string of the molecule is COCC(C)CNC(=O)c1cccc(C#CCCO)c1C. The van der Waals surface area contributed by atoms with E-state index in [1.54, 1.807) is 13.2 Å². The number of aliphatic hydroxyl groups is 1. The number of ether oxygens (including phenoxy) is 1. The van der Waals surface area contributed by atoms with Crippen molar-refractivity contribution in [2.75, 3.05) is 26.9 Å². The first-order valence-corrected chi connectivity index (χ1v) is 7.06. The summed E-state index contributed by atoms with van der Waals surface area (Å²) in [6.07, 6.45) is 0.435. The van der Waals surface area contributed by atoms with Gasteiger partial charge in [0.2, 0.25) is 0 Å². The molecule has 1 aromatic carbocycles. The number of amides is 1. The Hall–Kier alpha value is -1.83. The van der Waals surface area contributed by atoms with E-state index in [0.717, 1.165) is 11.1 Å². The fraction of sp³-hybridized carbons (Fsp3) is 0.471. The maximum atomic E-state index is 12.2. The minimum Gasteiger partial charge on any atom is -0.395 e. The third-order valence-electron chi connectivity index (χ3n) is 3.10. The van der Waals surface area contributed by atoms with Crippen molar-refractivity contribution < 1.29 is 14.6 Å².